The summed E-state index contributed by atoms with van der Waals surface area (Å²) in [6, 6.07) is 3.89. The number of aryl methyl sites for hydroxylation is 1. The van der Waals surface area contributed by atoms with E-state index in [1.165, 1.54) is 0 Å². The summed E-state index contributed by atoms with van der Waals surface area (Å²) in [6.07, 6.45) is 8.92. The molecule has 4 rings (SSSR count). The van der Waals surface area contributed by atoms with Crippen molar-refractivity contribution in [2.45, 2.75) is 13.5 Å². The minimum absolute atomic E-state index is 0.755. The number of nitrogens with zero attached hydrogens (tertiary/aromatic N) is 8. The van der Waals surface area contributed by atoms with Gasteiger partial charge >= 0.3 is 0 Å². The molecule has 128 valence electrons. The zero-order valence-electron chi connectivity index (χ0n) is 14.2. The molecule has 0 N–H and O–H groups in total. The van der Waals surface area contributed by atoms with E-state index in [2.05, 4.69) is 34.8 Å². The van der Waals surface area contributed by atoms with Crippen LogP contribution in [0.15, 0.2) is 43.1 Å². The van der Waals surface area contributed by atoms with Gasteiger partial charge in [-0.25, -0.2) is 14.6 Å². The third kappa shape index (κ3) is 3.63. The maximum Gasteiger partial charge on any atom is 0.159 e. The maximum absolute atomic E-state index is 4.61. The Hall–Kier alpha value is -2.87. The van der Waals surface area contributed by atoms with E-state index in [0.717, 1.165) is 55.9 Å². The molecular formula is C17H20N8. The van der Waals surface area contributed by atoms with Crippen LogP contribution in [0, 0.1) is 6.92 Å². The lowest BCUT2D eigenvalue weighted by Crippen LogP contribution is -2.46. The van der Waals surface area contributed by atoms with Gasteiger partial charge < -0.3 is 4.90 Å². The van der Waals surface area contributed by atoms with Crippen molar-refractivity contribution in [3.05, 3.63) is 54.6 Å². The molecule has 8 heteroatoms. The van der Waals surface area contributed by atoms with Crippen molar-refractivity contribution in [3.8, 4) is 5.82 Å². The second-order valence-corrected chi connectivity index (χ2v) is 6.04. The zero-order valence-corrected chi connectivity index (χ0v) is 14.2. The standard InChI is InChI=1S/C17H20N8/c1-14-21-16(11-17(22-14)25-6-2-3-20-25)24-9-7-23(8-10-24)13-15-12-18-4-5-19-15/h2-6,11-12H,7-10,13H2,1H3. The monoisotopic (exact) mass is 336 g/mol. The van der Waals surface area contributed by atoms with Crippen LogP contribution in [-0.2, 0) is 6.54 Å². The van der Waals surface area contributed by atoms with Gasteiger partial charge in [0.1, 0.15) is 11.6 Å². The molecule has 0 aromatic carbocycles. The molecule has 0 unspecified atom stereocenters. The Morgan fingerprint density at radius 1 is 1.00 bits per heavy atom. The average molecular weight is 336 g/mol. The van der Waals surface area contributed by atoms with Crippen LogP contribution in [0.4, 0.5) is 5.82 Å². The highest BCUT2D eigenvalue weighted by Gasteiger charge is 2.19. The molecule has 3 aromatic rings. The Labute approximate surface area is 146 Å². The molecule has 0 bridgehead atoms. The highest BCUT2D eigenvalue weighted by Crippen LogP contribution is 2.17. The molecular weight excluding hydrogens is 316 g/mol. The summed E-state index contributed by atoms with van der Waals surface area (Å²) in [5.74, 6) is 2.51. The molecule has 1 saturated heterocycles. The van der Waals surface area contributed by atoms with Crippen molar-refractivity contribution in [1.82, 2.24) is 34.6 Å². The SMILES string of the molecule is Cc1nc(N2CCN(Cc3cnccn3)CC2)cc(-n2cccn2)n1. The fourth-order valence-electron chi connectivity index (χ4n) is 3.00. The summed E-state index contributed by atoms with van der Waals surface area (Å²) >= 11 is 0. The summed E-state index contributed by atoms with van der Waals surface area (Å²) in [5.41, 5.74) is 1.01. The van der Waals surface area contributed by atoms with E-state index in [9.17, 15) is 0 Å². The maximum atomic E-state index is 4.61. The predicted octanol–water partition coefficient (Wildman–Crippen LogP) is 1.08. The number of aromatic nitrogens is 6. The van der Waals surface area contributed by atoms with Crippen LogP contribution in [0.1, 0.15) is 11.5 Å². The second-order valence-electron chi connectivity index (χ2n) is 6.04. The molecule has 1 fully saturated rings. The lowest BCUT2D eigenvalue weighted by atomic mass is 10.3. The molecule has 0 radical (unpaired) electrons. The van der Waals surface area contributed by atoms with Gasteiger partial charge in [-0.15, -0.1) is 0 Å². The smallest absolute Gasteiger partial charge is 0.159 e. The molecule has 0 saturated carbocycles. The first-order chi connectivity index (χ1) is 12.3. The summed E-state index contributed by atoms with van der Waals surface area (Å²) in [7, 11) is 0. The Morgan fingerprint density at radius 3 is 2.56 bits per heavy atom. The van der Waals surface area contributed by atoms with Crippen molar-refractivity contribution >= 4 is 5.82 Å². The molecule has 1 aliphatic heterocycles. The van der Waals surface area contributed by atoms with E-state index in [4.69, 9.17) is 0 Å². The van der Waals surface area contributed by atoms with Crippen LogP contribution < -0.4 is 4.90 Å². The highest BCUT2D eigenvalue weighted by molar-refractivity contribution is 5.44. The number of hydrogen-bond acceptors (Lipinski definition) is 7. The average Bonchev–Trinajstić information content (AvgIpc) is 3.17. The topological polar surface area (TPSA) is 75.9 Å². The van der Waals surface area contributed by atoms with Crippen LogP contribution in [0.25, 0.3) is 5.82 Å². The Kier molecular flexibility index (Phi) is 4.34. The fourth-order valence-corrected chi connectivity index (χ4v) is 3.00. The first kappa shape index (κ1) is 15.6. The van der Waals surface area contributed by atoms with Crippen molar-refractivity contribution in [1.29, 1.82) is 0 Å². The van der Waals surface area contributed by atoms with E-state index in [-0.39, 0.29) is 0 Å². The largest absolute Gasteiger partial charge is 0.354 e. The molecule has 0 amide bonds. The van der Waals surface area contributed by atoms with Gasteiger partial charge in [0.25, 0.3) is 0 Å². The third-order valence-corrected chi connectivity index (χ3v) is 4.25. The lowest BCUT2D eigenvalue weighted by Gasteiger charge is -2.35. The molecule has 3 aromatic heterocycles. The summed E-state index contributed by atoms with van der Waals surface area (Å²) in [4.78, 5) is 22.3. The minimum Gasteiger partial charge on any atom is -0.354 e. The zero-order chi connectivity index (χ0) is 17.1. The Balaban J connectivity index is 1.44. The number of piperazine rings is 1. The minimum atomic E-state index is 0.755. The number of anilines is 1. The summed E-state index contributed by atoms with van der Waals surface area (Å²) in [5, 5.41) is 4.26. The van der Waals surface area contributed by atoms with Gasteiger partial charge in [0.2, 0.25) is 0 Å². The quantitative estimate of drug-likeness (QED) is 0.706. The molecule has 0 atom stereocenters. The van der Waals surface area contributed by atoms with Crippen LogP contribution in [0.3, 0.4) is 0 Å². The molecule has 4 heterocycles. The first-order valence-corrected chi connectivity index (χ1v) is 8.36. The summed E-state index contributed by atoms with van der Waals surface area (Å²) < 4.78 is 1.77. The van der Waals surface area contributed by atoms with E-state index >= 15 is 0 Å². The normalized spacial score (nSPS) is 15.5. The lowest BCUT2D eigenvalue weighted by molar-refractivity contribution is 0.246. The van der Waals surface area contributed by atoms with E-state index in [1.807, 2.05) is 31.5 Å². The van der Waals surface area contributed by atoms with Crippen molar-refractivity contribution in [2.24, 2.45) is 0 Å². The van der Waals surface area contributed by atoms with E-state index in [0.29, 0.717) is 0 Å². The molecule has 1 aliphatic rings. The van der Waals surface area contributed by atoms with Crippen molar-refractivity contribution < 1.29 is 0 Å². The van der Waals surface area contributed by atoms with Gasteiger partial charge in [-0.2, -0.15) is 5.10 Å². The van der Waals surface area contributed by atoms with E-state index in [1.54, 1.807) is 23.3 Å². The summed E-state index contributed by atoms with van der Waals surface area (Å²) in [6.45, 7) is 6.54. The Morgan fingerprint density at radius 2 is 1.84 bits per heavy atom. The third-order valence-electron chi connectivity index (χ3n) is 4.25. The van der Waals surface area contributed by atoms with Crippen LogP contribution >= 0.6 is 0 Å². The van der Waals surface area contributed by atoms with Gasteiger partial charge in [0.05, 0.1) is 5.69 Å². The molecule has 25 heavy (non-hydrogen) atoms. The fraction of sp³-hybridized carbons (Fsp3) is 0.353. The van der Waals surface area contributed by atoms with Crippen molar-refractivity contribution in [3.63, 3.8) is 0 Å². The second kappa shape index (κ2) is 6.94. The van der Waals surface area contributed by atoms with Gasteiger partial charge in [0.15, 0.2) is 5.82 Å². The van der Waals surface area contributed by atoms with Gasteiger partial charge in [-0.05, 0) is 13.0 Å². The van der Waals surface area contributed by atoms with Crippen LogP contribution in [0.2, 0.25) is 0 Å². The molecule has 8 nitrogen and oxygen atoms in total. The molecule has 0 aliphatic carbocycles. The molecule has 0 spiro atoms. The van der Waals surface area contributed by atoms with Crippen LogP contribution in [-0.4, -0.2) is 60.8 Å². The predicted molar refractivity (Wildman–Crippen MR) is 93.4 cm³/mol. The Bertz CT molecular complexity index is 810. The van der Waals surface area contributed by atoms with Crippen LogP contribution in [0.5, 0.6) is 0 Å². The van der Waals surface area contributed by atoms with E-state index < -0.39 is 0 Å². The number of rotatable bonds is 4. The van der Waals surface area contributed by atoms with Gasteiger partial charge in [-0.3, -0.25) is 14.9 Å². The van der Waals surface area contributed by atoms with Gasteiger partial charge in [0, 0.05) is 69.8 Å². The highest BCUT2D eigenvalue weighted by atomic mass is 15.3. The van der Waals surface area contributed by atoms with Gasteiger partial charge in [-0.1, -0.05) is 0 Å². The van der Waals surface area contributed by atoms with Crippen molar-refractivity contribution in [2.75, 3.05) is 31.1 Å². The first-order valence-electron chi connectivity index (χ1n) is 8.36. The number of hydrogen-bond donors (Lipinski definition) is 0.